The van der Waals surface area contributed by atoms with Crippen molar-refractivity contribution in [2.45, 2.75) is 0 Å². The molecule has 84 valence electrons. The van der Waals surface area contributed by atoms with Gasteiger partial charge in [-0.15, -0.1) is 0 Å². The monoisotopic (exact) mass is 223 g/mol. The first-order valence-electron chi connectivity index (χ1n) is 4.26. The second kappa shape index (κ2) is 5.01. The first-order chi connectivity index (χ1) is 7.63. The van der Waals surface area contributed by atoms with Crippen LogP contribution < -0.4 is 0 Å². The molecule has 0 fully saturated rings. The predicted molar refractivity (Wildman–Crippen MR) is 52.3 cm³/mol. The van der Waals surface area contributed by atoms with Crippen molar-refractivity contribution in [1.82, 2.24) is 4.98 Å². The molecule has 1 aromatic heterocycles. The molecule has 0 saturated heterocycles. The van der Waals surface area contributed by atoms with Gasteiger partial charge in [0.05, 0.1) is 19.8 Å². The van der Waals surface area contributed by atoms with Gasteiger partial charge in [-0.3, -0.25) is 4.79 Å². The molecule has 1 aromatic rings. The Balaban J connectivity index is 3.32. The van der Waals surface area contributed by atoms with E-state index < -0.39 is 11.9 Å². The fraction of sp³-hybridized carbons (Fsp3) is 0.200. The van der Waals surface area contributed by atoms with E-state index in [1.807, 2.05) is 0 Å². The molecular weight excluding hydrogens is 214 g/mol. The number of aromatic nitrogens is 1. The number of carbonyl (C=O) groups excluding carboxylic acids is 3. The zero-order valence-electron chi connectivity index (χ0n) is 8.72. The largest absolute Gasteiger partial charge is 0.465 e. The van der Waals surface area contributed by atoms with Gasteiger partial charge >= 0.3 is 11.9 Å². The summed E-state index contributed by atoms with van der Waals surface area (Å²) in [6.07, 6.45) is 1.69. The molecule has 1 rings (SSSR count). The summed E-state index contributed by atoms with van der Waals surface area (Å²) in [5, 5.41) is 0. The van der Waals surface area contributed by atoms with Gasteiger partial charge in [0.15, 0.2) is 12.0 Å². The topological polar surface area (TPSA) is 82.6 Å². The third kappa shape index (κ3) is 2.22. The maximum atomic E-state index is 11.3. The summed E-state index contributed by atoms with van der Waals surface area (Å²) in [5.41, 5.74) is -0.105. The van der Waals surface area contributed by atoms with Gasteiger partial charge in [-0.05, 0) is 6.07 Å². The van der Waals surface area contributed by atoms with Crippen LogP contribution in [0.1, 0.15) is 31.2 Å². The maximum absolute atomic E-state index is 11.3. The zero-order valence-corrected chi connectivity index (χ0v) is 8.72. The quantitative estimate of drug-likeness (QED) is 0.547. The van der Waals surface area contributed by atoms with Crippen LogP contribution in [-0.4, -0.2) is 37.4 Å². The smallest absolute Gasteiger partial charge is 0.357 e. The van der Waals surface area contributed by atoms with Crippen LogP contribution in [0, 0.1) is 0 Å². The average molecular weight is 223 g/mol. The number of carbonyl (C=O) groups is 3. The first-order valence-corrected chi connectivity index (χ1v) is 4.26. The number of hydrogen-bond acceptors (Lipinski definition) is 6. The summed E-state index contributed by atoms with van der Waals surface area (Å²) in [5.74, 6) is -1.52. The number of nitrogens with zero attached hydrogens (tertiary/aromatic N) is 1. The molecule has 0 N–H and O–H groups in total. The molecule has 0 amide bonds. The van der Waals surface area contributed by atoms with Crippen LogP contribution in [0.15, 0.2) is 12.3 Å². The molecule has 6 heteroatoms. The third-order valence-electron chi connectivity index (χ3n) is 1.83. The number of aldehydes is 1. The van der Waals surface area contributed by atoms with Crippen LogP contribution in [0.5, 0.6) is 0 Å². The molecule has 0 aliphatic heterocycles. The average Bonchev–Trinajstić information content (AvgIpc) is 2.36. The van der Waals surface area contributed by atoms with Gasteiger partial charge in [0.25, 0.3) is 0 Å². The second-order valence-corrected chi connectivity index (χ2v) is 2.77. The molecule has 0 aromatic carbocycles. The fourth-order valence-electron chi connectivity index (χ4n) is 1.07. The van der Waals surface area contributed by atoms with Crippen molar-refractivity contribution < 1.29 is 23.9 Å². The van der Waals surface area contributed by atoms with Gasteiger partial charge in [0, 0.05) is 11.8 Å². The highest BCUT2D eigenvalue weighted by Crippen LogP contribution is 2.10. The molecular formula is C10H9NO5. The number of hydrogen-bond donors (Lipinski definition) is 0. The highest BCUT2D eigenvalue weighted by molar-refractivity contribution is 6.02. The lowest BCUT2D eigenvalue weighted by Gasteiger charge is -2.05. The SMILES string of the molecule is COC(=O)c1cc(C=O)cnc1C(=O)OC. The lowest BCUT2D eigenvalue weighted by atomic mass is 10.1. The summed E-state index contributed by atoms with van der Waals surface area (Å²) >= 11 is 0. The van der Waals surface area contributed by atoms with E-state index in [0.717, 1.165) is 7.11 Å². The maximum Gasteiger partial charge on any atom is 0.357 e. The van der Waals surface area contributed by atoms with Gasteiger partial charge in [-0.1, -0.05) is 0 Å². The van der Waals surface area contributed by atoms with E-state index in [1.165, 1.54) is 19.4 Å². The van der Waals surface area contributed by atoms with Gasteiger partial charge in [0.2, 0.25) is 0 Å². The Bertz CT molecular complexity index is 441. The van der Waals surface area contributed by atoms with Crippen LogP contribution in [0.3, 0.4) is 0 Å². The van der Waals surface area contributed by atoms with Gasteiger partial charge in [0.1, 0.15) is 0 Å². The minimum atomic E-state index is -0.766. The molecule has 0 spiro atoms. The highest BCUT2D eigenvalue weighted by atomic mass is 16.5. The first kappa shape index (κ1) is 11.8. The number of rotatable bonds is 3. The van der Waals surface area contributed by atoms with Crippen LogP contribution in [0.2, 0.25) is 0 Å². The highest BCUT2D eigenvalue weighted by Gasteiger charge is 2.20. The van der Waals surface area contributed by atoms with Crippen molar-refractivity contribution in [2.24, 2.45) is 0 Å². The summed E-state index contributed by atoms with van der Waals surface area (Å²) < 4.78 is 8.92. The van der Waals surface area contributed by atoms with E-state index in [0.29, 0.717) is 6.29 Å². The van der Waals surface area contributed by atoms with Crippen LogP contribution in [0.25, 0.3) is 0 Å². The molecule has 0 aliphatic carbocycles. The predicted octanol–water partition coefficient (Wildman–Crippen LogP) is 0.467. The van der Waals surface area contributed by atoms with E-state index in [-0.39, 0.29) is 16.8 Å². The molecule has 0 atom stereocenters. The minimum Gasteiger partial charge on any atom is -0.465 e. The summed E-state index contributed by atoms with van der Waals surface area (Å²) in [6, 6.07) is 1.22. The molecule has 1 heterocycles. The van der Waals surface area contributed by atoms with Gasteiger partial charge in [-0.2, -0.15) is 0 Å². The van der Waals surface area contributed by atoms with Gasteiger partial charge in [-0.25, -0.2) is 14.6 Å². The number of pyridine rings is 1. The van der Waals surface area contributed by atoms with Crippen LogP contribution in [0.4, 0.5) is 0 Å². The van der Waals surface area contributed by atoms with E-state index >= 15 is 0 Å². The van der Waals surface area contributed by atoms with E-state index in [2.05, 4.69) is 14.5 Å². The molecule has 0 aliphatic rings. The normalized spacial score (nSPS) is 9.38. The van der Waals surface area contributed by atoms with Crippen molar-refractivity contribution in [3.63, 3.8) is 0 Å². The third-order valence-corrected chi connectivity index (χ3v) is 1.83. The van der Waals surface area contributed by atoms with E-state index in [9.17, 15) is 14.4 Å². The minimum absolute atomic E-state index is 0.0982. The Morgan fingerprint density at radius 1 is 1.25 bits per heavy atom. The summed E-state index contributed by atoms with van der Waals surface area (Å²) in [7, 11) is 2.33. The van der Waals surface area contributed by atoms with Gasteiger partial charge < -0.3 is 9.47 Å². The lowest BCUT2D eigenvalue weighted by Crippen LogP contribution is -2.14. The van der Waals surface area contributed by atoms with Crippen molar-refractivity contribution in [3.8, 4) is 0 Å². The molecule has 16 heavy (non-hydrogen) atoms. The number of esters is 2. The Morgan fingerprint density at radius 2 is 1.88 bits per heavy atom. The van der Waals surface area contributed by atoms with Crippen molar-refractivity contribution in [2.75, 3.05) is 14.2 Å². The van der Waals surface area contributed by atoms with Crippen LogP contribution in [-0.2, 0) is 9.47 Å². The lowest BCUT2D eigenvalue weighted by molar-refractivity contribution is 0.0549. The van der Waals surface area contributed by atoms with Crippen LogP contribution >= 0.6 is 0 Å². The van der Waals surface area contributed by atoms with E-state index in [1.54, 1.807) is 0 Å². The Labute approximate surface area is 91.2 Å². The second-order valence-electron chi connectivity index (χ2n) is 2.77. The summed E-state index contributed by atoms with van der Waals surface area (Å²) in [6.45, 7) is 0. The number of methoxy groups -OCH3 is 2. The van der Waals surface area contributed by atoms with E-state index in [4.69, 9.17) is 0 Å². The molecule has 6 nitrogen and oxygen atoms in total. The molecule has 0 radical (unpaired) electrons. The number of ether oxygens (including phenoxy) is 2. The standard InChI is InChI=1S/C10H9NO5/c1-15-9(13)7-3-6(5-12)4-11-8(7)10(14)16-2/h3-5H,1-2H3. The van der Waals surface area contributed by atoms with Crippen molar-refractivity contribution in [1.29, 1.82) is 0 Å². The molecule has 0 bridgehead atoms. The zero-order chi connectivity index (χ0) is 12.1. The molecule has 0 saturated carbocycles. The Morgan fingerprint density at radius 3 is 2.38 bits per heavy atom. The fourth-order valence-corrected chi connectivity index (χ4v) is 1.07. The summed E-state index contributed by atoms with van der Waals surface area (Å²) in [4.78, 5) is 36.8. The Hall–Kier alpha value is -2.24. The Kier molecular flexibility index (Phi) is 3.71. The molecule has 0 unspecified atom stereocenters. The van der Waals surface area contributed by atoms with Crippen molar-refractivity contribution in [3.05, 3.63) is 29.1 Å². The van der Waals surface area contributed by atoms with Crippen molar-refractivity contribution >= 4 is 18.2 Å².